The molecule has 0 saturated heterocycles. The zero-order valence-corrected chi connectivity index (χ0v) is 6.80. The molecule has 1 aliphatic heterocycles. The van der Waals surface area contributed by atoms with E-state index in [1.54, 1.807) is 0 Å². The number of fused-ring (bicyclic) bond motifs is 1. The Balaban J connectivity index is 0.000000720. The Morgan fingerprint density at radius 2 is 2.42 bits per heavy atom. The SMILES string of the molecule is Cl.O=C1COc2cncnc2N1. The summed E-state index contributed by atoms with van der Waals surface area (Å²) in [6.07, 6.45) is 2.87. The topological polar surface area (TPSA) is 64.1 Å². The molecular formula is C6H6ClN3O2. The molecule has 64 valence electrons. The van der Waals surface area contributed by atoms with E-state index in [0.717, 1.165) is 0 Å². The lowest BCUT2D eigenvalue weighted by Gasteiger charge is -2.14. The van der Waals surface area contributed by atoms with Gasteiger partial charge < -0.3 is 10.1 Å². The lowest BCUT2D eigenvalue weighted by Crippen LogP contribution is -2.26. The standard InChI is InChI=1S/C6H5N3O2.ClH/c10-5-2-11-4-1-7-3-8-6(4)9-5;/h1,3H,2H2,(H,7,8,9,10);1H. The average molecular weight is 188 g/mol. The summed E-state index contributed by atoms with van der Waals surface area (Å²) in [6.45, 7) is 0.0420. The summed E-state index contributed by atoms with van der Waals surface area (Å²) < 4.78 is 5.00. The van der Waals surface area contributed by atoms with Gasteiger partial charge in [0.25, 0.3) is 5.91 Å². The van der Waals surface area contributed by atoms with Crippen LogP contribution in [0.1, 0.15) is 0 Å². The van der Waals surface area contributed by atoms with Crippen molar-refractivity contribution in [3.8, 4) is 5.75 Å². The number of aromatic nitrogens is 2. The van der Waals surface area contributed by atoms with Crippen LogP contribution < -0.4 is 10.1 Å². The van der Waals surface area contributed by atoms with Crippen molar-refractivity contribution < 1.29 is 9.53 Å². The number of amides is 1. The third-order valence-corrected chi connectivity index (χ3v) is 1.30. The summed E-state index contributed by atoms with van der Waals surface area (Å²) in [5, 5.41) is 2.54. The molecule has 1 N–H and O–H groups in total. The molecule has 0 aromatic carbocycles. The molecule has 2 heterocycles. The maximum absolute atomic E-state index is 10.7. The van der Waals surface area contributed by atoms with Gasteiger partial charge in [0.2, 0.25) is 0 Å². The van der Waals surface area contributed by atoms with Crippen molar-refractivity contribution in [2.75, 3.05) is 11.9 Å². The van der Waals surface area contributed by atoms with E-state index >= 15 is 0 Å². The highest BCUT2D eigenvalue weighted by Gasteiger charge is 2.15. The van der Waals surface area contributed by atoms with Gasteiger partial charge in [0, 0.05) is 0 Å². The molecule has 1 aromatic heterocycles. The third-order valence-electron chi connectivity index (χ3n) is 1.30. The zero-order valence-electron chi connectivity index (χ0n) is 5.98. The molecule has 6 heteroatoms. The van der Waals surface area contributed by atoms with Crippen molar-refractivity contribution in [1.82, 2.24) is 9.97 Å². The van der Waals surface area contributed by atoms with Crippen molar-refractivity contribution in [2.24, 2.45) is 0 Å². The minimum absolute atomic E-state index is 0. The largest absolute Gasteiger partial charge is 0.478 e. The molecule has 0 aliphatic carbocycles. The van der Waals surface area contributed by atoms with Gasteiger partial charge in [-0.05, 0) is 0 Å². The summed E-state index contributed by atoms with van der Waals surface area (Å²) in [7, 11) is 0. The second-order valence-electron chi connectivity index (χ2n) is 2.07. The molecule has 0 radical (unpaired) electrons. The van der Waals surface area contributed by atoms with E-state index in [4.69, 9.17) is 4.74 Å². The maximum Gasteiger partial charge on any atom is 0.263 e. The van der Waals surface area contributed by atoms with Crippen molar-refractivity contribution in [1.29, 1.82) is 0 Å². The zero-order chi connectivity index (χ0) is 7.68. The lowest BCUT2D eigenvalue weighted by molar-refractivity contribution is -0.118. The molecule has 0 atom stereocenters. The fourth-order valence-corrected chi connectivity index (χ4v) is 0.828. The first-order valence-electron chi connectivity index (χ1n) is 3.09. The Bertz CT molecular complexity index is 305. The number of rotatable bonds is 0. The fraction of sp³-hybridized carbons (Fsp3) is 0.167. The Hall–Kier alpha value is -1.36. The van der Waals surface area contributed by atoms with Gasteiger partial charge in [-0.1, -0.05) is 0 Å². The number of hydrogen-bond acceptors (Lipinski definition) is 4. The van der Waals surface area contributed by atoms with E-state index in [0.29, 0.717) is 11.6 Å². The van der Waals surface area contributed by atoms with Gasteiger partial charge >= 0.3 is 0 Å². The monoisotopic (exact) mass is 187 g/mol. The molecule has 0 bridgehead atoms. The Labute approximate surface area is 74.6 Å². The van der Waals surface area contributed by atoms with Gasteiger partial charge in [0.05, 0.1) is 6.20 Å². The average Bonchev–Trinajstić information content (AvgIpc) is 2.04. The second-order valence-corrected chi connectivity index (χ2v) is 2.07. The van der Waals surface area contributed by atoms with E-state index in [2.05, 4.69) is 15.3 Å². The number of nitrogens with one attached hydrogen (secondary N) is 1. The van der Waals surface area contributed by atoms with Crippen LogP contribution in [0.2, 0.25) is 0 Å². The summed E-state index contributed by atoms with van der Waals surface area (Å²) in [5.41, 5.74) is 0. The first-order valence-corrected chi connectivity index (χ1v) is 3.09. The molecule has 12 heavy (non-hydrogen) atoms. The van der Waals surface area contributed by atoms with Gasteiger partial charge in [0.15, 0.2) is 18.2 Å². The molecule has 1 amide bonds. The first-order chi connectivity index (χ1) is 5.36. The van der Waals surface area contributed by atoms with Crippen molar-refractivity contribution in [3.05, 3.63) is 12.5 Å². The maximum atomic E-state index is 10.7. The molecule has 0 spiro atoms. The van der Waals surface area contributed by atoms with E-state index in [9.17, 15) is 4.79 Å². The highest BCUT2D eigenvalue weighted by molar-refractivity contribution is 5.93. The molecule has 2 rings (SSSR count). The molecule has 1 aromatic rings. The predicted octanol–water partition coefficient (Wildman–Crippen LogP) is 0.229. The third kappa shape index (κ3) is 1.45. The molecule has 1 aliphatic rings. The number of nitrogens with zero attached hydrogens (tertiary/aromatic N) is 2. The highest BCUT2D eigenvalue weighted by atomic mass is 35.5. The van der Waals surface area contributed by atoms with Crippen molar-refractivity contribution in [2.45, 2.75) is 0 Å². The van der Waals surface area contributed by atoms with Gasteiger partial charge in [-0.2, -0.15) is 0 Å². The molecule has 0 saturated carbocycles. The Morgan fingerprint density at radius 3 is 3.25 bits per heavy atom. The summed E-state index contributed by atoms with van der Waals surface area (Å²) >= 11 is 0. The molecule has 0 unspecified atom stereocenters. The number of carbonyl (C=O) groups excluding carboxylic acids is 1. The second kappa shape index (κ2) is 3.36. The molecular weight excluding hydrogens is 182 g/mol. The Kier molecular flexibility index (Phi) is 2.44. The van der Waals surface area contributed by atoms with Crippen LogP contribution in [0.15, 0.2) is 12.5 Å². The van der Waals surface area contributed by atoms with Crippen LogP contribution in [0.4, 0.5) is 5.82 Å². The van der Waals surface area contributed by atoms with Gasteiger partial charge in [0.1, 0.15) is 6.33 Å². The van der Waals surface area contributed by atoms with Gasteiger partial charge in [-0.15, -0.1) is 12.4 Å². The first kappa shape index (κ1) is 8.73. The predicted molar refractivity (Wildman–Crippen MR) is 43.4 cm³/mol. The van der Waals surface area contributed by atoms with E-state index < -0.39 is 0 Å². The minimum atomic E-state index is -0.184. The van der Waals surface area contributed by atoms with Gasteiger partial charge in [-0.3, -0.25) is 4.79 Å². The summed E-state index contributed by atoms with van der Waals surface area (Å²) in [6, 6.07) is 0. The fourth-order valence-electron chi connectivity index (χ4n) is 0.828. The van der Waals surface area contributed by atoms with E-state index in [-0.39, 0.29) is 24.9 Å². The molecule has 0 fully saturated rings. The normalized spacial score (nSPS) is 13.5. The van der Waals surface area contributed by atoms with Crippen LogP contribution in [0.5, 0.6) is 5.75 Å². The van der Waals surface area contributed by atoms with Crippen LogP contribution in [-0.4, -0.2) is 22.5 Å². The number of halogens is 1. The van der Waals surface area contributed by atoms with E-state index in [1.165, 1.54) is 12.5 Å². The number of carbonyl (C=O) groups is 1. The number of anilines is 1. The van der Waals surface area contributed by atoms with Crippen LogP contribution in [0, 0.1) is 0 Å². The van der Waals surface area contributed by atoms with E-state index in [1.807, 2.05) is 0 Å². The van der Waals surface area contributed by atoms with Crippen LogP contribution >= 0.6 is 12.4 Å². The van der Waals surface area contributed by atoms with Crippen LogP contribution in [0.3, 0.4) is 0 Å². The summed E-state index contributed by atoms with van der Waals surface area (Å²) in [4.78, 5) is 18.3. The smallest absolute Gasteiger partial charge is 0.263 e. The van der Waals surface area contributed by atoms with Crippen molar-refractivity contribution in [3.63, 3.8) is 0 Å². The van der Waals surface area contributed by atoms with Crippen LogP contribution in [0.25, 0.3) is 0 Å². The molecule has 5 nitrogen and oxygen atoms in total. The lowest BCUT2D eigenvalue weighted by atomic mass is 10.4. The number of ether oxygens (including phenoxy) is 1. The number of hydrogen-bond donors (Lipinski definition) is 1. The summed E-state index contributed by atoms with van der Waals surface area (Å²) in [5.74, 6) is 0.777. The van der Waals surface area contributed by atoms with Crippen molar-refractivity contribution >= 4 is 24.1 Å². The highest BCUT2D eigenvalue weighted by Crippen LogP contribution is 2.21. The quantitative estimate of drug-likeness (QED) is 0.632. The minimum Gasteiger partial charge on any atom is -0.478 e. The van der Waals surface area contributed by atoms with Gasteiger partial charge in [-0.25, -0.2) is 9.97 Å². The van der Waals surface area contributed by atoms with Crippen LogP contribution in [-0.2, 0) is 4.79 Å². The Morgan fingerprint density at radius 1 is 1.58 bits per heavy atom.